The van der Waals surface area contributed by atoms with Crippen molar-refractivity contribution in [1.29, 1.82) is 0 Å². The largest absolute Gasteiger partial charge is 0.490 e. The summed E-state index contributed by atoms with van der Waals surface area (Å²) >= 11 is 0. The van der Waals surface area contributed by atoms with Crippen molar-refractivity contribution < 1.29 is 23.8 Å². The topological polar surface area (TPSA) is 86.0 Å². The van der Waals surface area contributed by atoms with Crippen LogP contribution in [0.2, 0.25) is 0 Å². The summed E-state index contributed by atoms with van der Waals surface area (Å²) in [5, 5.41) is 9.49. The molecule has 1 atom stereocenters. The first-order chi connectivity index (χ1) is 12.0. The standard InChI is InChI=1S/C19H22O6/c1-3-11-8-12(4-2)18-16(14(20)9-15(25-18)19(21)22)17(11)24-10-13-6-5-7-23-13/h8-9,13H,3-7,10H2,1-2H3,(H,21,22). The number of benzene rings is 1. The van der Waals surface area contributed by atoms with E-state index in [0.717, 1.165) is 36.6 Å². The van der Waals surface area contributed by atoms with Gasteiger partial charge in [0.25, 0.3) is 0 Å². The fourth-order valence-corrected chi connectivity index (χ4v) is 3.18. The molecule has 0 amide bonds. The molecule has 2 heterocycles. The van der Waals surface area contributed by atoms with E-state index < -0.39 is 11.4 Å². The van der Waals surface area contributed by atoms with Crippen LogP contribution in [0.3, 0.4) is 0 Å². The number of aromatic carboxylic acids is 1. The maximum atomic E-state index is 12.6. The van der Waals surface area contributed by atoms with Crippen molar-refractivity contribution in [2.24, 2.45) is 0 Å². The molecule has 0 spiro atoms. The third-order valence-electron chi connectivity index (χ3n) is 4.52. The SMILES string of the molecule is CCc1cc(CC)c2oc(C(=O)O)cc(=O)c2c1OCC1CCCO1. The van der Waals surface area contributed by atoms with Crippen molar-refractivity contribution in [2.75, 3.05) is 13.2 Å². The van der Waals surface area contributed by atoms with Gasteiger partial charge in [-0.25, -0.2) is 4.79 Å². The van der Waals surface area contributed by atoms with Crippen molar-refractivity contribution in [3.8, 4) is 5.75 Å². The second-order valence-electron chi connectivity index (χ2n) is 6.16. The highest BCUT2D eigenvalue weighted by Gasteiger charge is 2.22. The van der Waals surface area contributed by atoms with Crippen molar-refractivity contribution >= 4 is 16.9 Å². The van der Waals surface area contributed by atoms with E-state index >= 15 is 0 Å². The average Bonchev–Trinajstić information content (AvgIpc) is 3.12. The van der Waals surface area contributed by atoms with Crippen LogP contribution in [-0.4, -0.2) is 30.4 Å². The lowest BCUT2D eigenvalue weighted by Crippen LogP contribution is -2.18. The van der Waals surface area contributed by atoms with Crippen molar-refractivity contribution in [1.82, 2.24) is 0 Å². The maximum absolute atomic E-state index is 12.6. The van der Waals surface area contributed by atoms with Crippen LogP contribution in [0.15, 0.2) is 21.3 Å². The van der Waals surface area contributed by atoms with Gasteiger partial charge in [-0.05, 0) is 42.9 Å². The van der Waals surface area contributed by atoms with E-state index in [2.05, 4.69) is 0 Å². The Kier molecular flexibility index (Phi) is 5.08. The van der Waals surface area contributed by atoms with Crippen LogP contribution in [0.1, 0.15) is 48.4 Å². The lowest BCUT2D eigenvalue weighted by Gasteiger charge is -2.17. The molecule has 2 aromatic rings. The summed E-state index contributed by atoms with van der Waals surface area (Å²) in [6.07, 6.45) is 3.29. The fourth-order valence-electron chi connectivity index (χ4n) is 3.18. The normalized spacial score (nSPS) is 17.1. The Hall–Kier alpha value is -2.34. The van der Waals surface area contributed by atoms with E-state index in [1.807, 2.05) is 19.9 Å². The number of hydrogen-bond acceptors (Lipinski definition) is 5. The Morgan fingerprint density at radius 2 is 2.04 bits per heavy atom. The van der Waals surface area contributed by atoms with Gasteiger partial charge in [0.15, 0.2) is 5.43 Å². The molecule has 1 unspecified atom stereocenters. The van der Waals surface area contributed by atoms with Gasteiger partial charge >= 0.3 is 5.97 Å². The molecule has 1 aromatic heterocycles. The van der Waals surface area contributed by atoms with Crippen molar-refractivity contribution in [2.45, 2.75) is 45.6 Å². The van der Waals surface area contributed by atoms with Crippen molar-refractivity contribution in [3.05, 3.63) is 39.2 Å². The molecule has 1 saturated heterocycles. The Bertz CT molecular complexity index is 845. The number of carboxylic acids is 1. The molecule has 1 N–H and O–H groups in total. The number of carbonyl (C=O) groups is 1. The van der Waals surface area contributed by atoms with E-state index in [0.29, 0.717) is 36.2 Å². The molecule has 0 aliphatic carbocycles. The van der Waals surface area contributed by atoms with Gasteiger partial charge in [0, 0.05) is 12.7 Å². The van der Waals surface area contributed by atoms with E-state index in [1.54, 1.807) is 0 Å². The zero-order valence-corrected chi connectivity index (χ0v) is 14.5. The van der Waals surface area contributed by atoms with Crippen LogP contribution >= 0.6 is 0 Å². The predicted octanol–water partition coefficient (Wildman–Crippen LogP) is 3.17. The molecule has 0 bridgehead atoms. The number of hydrogen-bond donors (Lipinski definition) is 1. The van der Waals surface area contributed by atoms with Crippen LogP contribution in [0.25, 0.3) is 11.0 Å². The quantitative estimate of drug-likeness (QED) is 0.864. The number of fused-ring (bicyclic) bond motifs is 1. The summed E-state index contributed by atoms with van der Waals surface area (Å²) in [6.45, 7) is 5.03. The fraction of sp³-hybridized carbons (Fsp3) is 0.474. The monoisotopic (exact) mass is 346 g/mol. The third-order valence-corrected chi connectivity index (χ3v) is 4.52. The molecule has 6 nitrogen and oxygen atoms in total. The second kappa shape index (κ2) is 7.27. The summed E-state index contributed by atoms with van der Waals surface area (Å²) < 4.78 is 17.1. The van der Waals surface area contributed by atoms with Crippen LogP contribution in [0.4, 0.5) is 0 Å². The molecule has 0 radical (unpaired) electrons. The average molecular weight is 346 g/mol. The van der Waals surface area contributed by atoms with Crippen molar-refractivity contribution in [3.63, 3.8) is 0 Å². The van der Waals surface area contributed by atoms with Gasteiger partial charge in [-0.2, -0.15) is 0 Å². The van der Waals surface area contributed by atoms with Gasteiger partial charge < -0.3 is 19.0 Å². The summed E-state index contributed by atoms with van der Waals surface area (Å²) in [7, 11) is 0. The number of ether oxygens (including phenoxy) is 2. The summed E-state index contributed by atoms with van der Waals surface area (Å²) in [6, 6.07) is 2.95. The second-order valence-corrected chi connectivity index (χ2v) is 6.16. The van der Waals surface area contributed by atoms with Crippen LogP contribution in [0.5, 0.6) is 5.75 Å². The van der Waals surface area contributed by atoms with Crippen LogP contribution in [0, 0.1) is 0 Å². The number of carboxylic acid groups (broad SMARTS) is 1. The molecular formula is C19H22O6. The zero-order chi connectivity index (χ0) is 18.0. The Labute approximate surface area is 145 Å². The Morgan fingerprint density at radius 3 is 2.64 bits per heavy atom. The highest BCUT2D eigenvalue weighted by molar-refractivity contribution is 5.91. The lowest BCUT2D eigenvalue weighted by atomic mass is 10.0. The third kappa shape index (κ3) is 3.39. The minimum absolute atomic E-state index is 0.0240. The first-order valence-corrected chi connectivity index (χ1v) is 8.65. The number of rotatable bonds is 6. The van der Waals surface area contributed by atoms with Gasteiger partial charge in [0.2, 0.25) is 5.76 Å². The smallest absolute Gasteiger partial charge is 0.371 e. The van der Waals surface area contributed by atoms with Gasteiger partial charge in [0.05, 0.1) is 6.10 Å². The molecule has 1 fully saturated rings. The zero-order valence-electron chi connectivity index (χ0n) is 14.5. The summed E-state index contributed by atoms with van der Waals surface area (Å²) in [4.78, 5) is 23.8. The molecule has 3 rings (SSSR count). The lowest BCUT2D eigenvalue weighted by molar-refractivity contribution is 0.0662. The highest BCUT2D eigenvalue weighted by atomic mass is 16.5. The van der Waals surface area contributed by atoms with Gasteiger partial charge in [-0.15, -0.1) is 0 Å². The molecule has 1 aromatic carbocycles. The minimum atomic E-state index is -1.26. The first kappa shape index (κ1) is 17.5. The molecule has 1 aliphatic heterocycles. The first-order valence-electron chi connectivity index (χ1n) is 8.65. The van der Waals surface area contributed by atoms with Gasteiger partial charge in [-0.1, -0.05) is 13.8 Å². The molecule has 1 aliphatic rings. The van der Waals surface area contributed by atoms with E-state index in [9.17, 15) is 9.59 Å². The Balaban J connectivity index is 2.15. The van der Waals surface area contributed by atoms with E-state index in [1.165, 1.54) is 0 Å². The molecular weight excluding hydrogens is 324 g/mol. The van der Waals surface area contributed by atoms with Crippen LogP contribution in [-0.2, 0) is 17.6 Å². The Morgan fingerprint density at radius 1 is 1.28 bits per heavy atom. The molecule has 134 valence electrons. The van der Waals surface area contributed by atoms with Crippen LogP contribution < -0.4 is 10.2 Å². The number of aryl methyl sites for hydroxylation is 2. The summed E-state index contributed by atoms with van der Waals surface area (Å²) in [5.41, 5.74) is 1.62. The molecule has 6 heteroatoms. The molecule has 0 saturated carbocycles. The van der Waals surface area contributed by atoms with Gasteiger partial charge in [0.1, 0.15) is 23.3 Å². The molecule has 25 heavy (non-hydrogen) atoms. The predicted molar refractivity (Wildman–Crippen MR) is 92.7 cm³/mol. The maximum Gasteiger partial charge on any atom is 0.371 e. The van der Waals surface area contributed by atoms with E-state index in [-0.39, 0.29) is 11.9 Å². The summed E-state index contributed by atoms with van der Waals surface area (Å²) in [5.74, 6) is -1.14. The minimum Gasteiger partial charge on any atom is -0.490 e. The van der Waals surface area contributed by atoms with Gasteiger partial charge in [-0.3, -0.25) is 4.79 Å². The van der Waals surface area contributed by atoms with E-state index in [4.69, 9.17) is 19.0 Å². The highest BCUT2D eigenvalue weighted by Crippen LogP contribution is 2.32.